The molecule has 1 heterocycles. The molecule has 2 aromatic rings. The fourth-order valence-corrected chi connectivity index (χ4v) is 2.89. The van der Waals surface area contributed by atoms with Crippen molar-refractivity contribution in [2.24, 2.45) is 0 Å². The lowest BCUT2D eigenvalue weighted by Gasteiger charge is -2.13. The average molecular weight is 344 g/mol. The van der Waals surface area contributed by atoms with E-state index in [9.17, 15) is 8.78 Å². The number of aromatic nitrogens is 1. The van der Waals surface area contributed by atoms with E-state index in [0.717, 1.165) is 24.1 Å². The van der Waals surface area contributed by atoms with Crippen molar-refractivity contribution < 1.29 is 18.0 Å². The molecule has 0 radical (unpaired) electrons. The van der Waals surface area contributed by atoms with Crippen LogP contribution in [0, 0.1) is 6.92 Å². The van der Waals surface area contributed by atoms with Crippen LogP contribution in [0.5, 0.6) is 5.75 Å². The first-order valence-corrected chi connectivity index (χ1v) is 7.50. The smallest absolute Gasteiger partial charge is 0.387 e. The maximum absolute atomic E-state index is 12.3. The molecule has 0 amide bonds. The maximum Gasteiger partial charge on any atom is 0.387 e. The lowest BCUT2D eigenvalue weighted by Crippen LogP contribution is -2.07. The summed E-state index contributed by atoms with van der Waals surface area (Å²) in [6.07, 6.45) is 3.67. The second-order valence-corrected chi connectivity index (χ2v) is 5.93. The van der Waals surface area contributed by atoms with Gasteiger partial charge in [0.1, 0.15) is 12.0 Å². The predicted molar refractivity (Wildman–Crippen MR) is 82.1 cm³/mol. The monoisotopic (exact) mass is 343 g/mol. The fourth-order valence-electron chi connectivity index (χ4n) is 2.30. The van der Waals surface area contributed by atoms with Gasteiger partial charge in [-0.2, -0.15) is 8.78 Å². The van der Waals surface area contributed by atoms with Crippen LogP contribution in [0.15, 0.2) is 22.9 Å². The topological polar surface area (TPSA) is 35.3 Å². The number of alkyl halides is 2. The van der Waals surface area contributed by atoms with Crippen molar-refractivity contribution in [3.63, 3.8) is 0 Å². The molecular weight excluding hydrogens is 332 g/mol. The van der Waals surface area contributed by atoms with Crippen LogP contribution >= 0.6 is 23.8 Å². The first-order valence-electron chi connectivity index (χ1n) is 6.72. The van der Waals surface area contributed by atoms with Gasteiger partial charge in [-0.3, -0.25) is 0 Å². The molecule has 0 atom stereocenters. The first-order chi connectivity index (χ1) is 10.5. The van der Waals surface area contributed by atoms with Crippen molar-refractivity contribution in [2.45, 2.75) is 32.3 Å². The van der Waals surface area contributed by atoms with Gasteiger partial charge in [0.15, 0.2) is 0 Å². The van der Waals surface area contributed by atoms with Gasteiger partial charge in [-0.1, -0.05) is 29.0 Å². The van der Waals surface area contributed by atoms with Crippen LogP contribution in [-0.4, -0.2) is 16.6 Å². The van der Waals surface area contributed by atoms with E-state index in [1.807, 2.05) is 0 Å². The Balaban J connectivity index is 1.96. The summed E-state index contributed by atoms with van der Waals surface area (Å²) in [6, 6.07) is 3.03. The molecule has 0 N–H and O–H groups in total. The fraction of sp³-hybridized carbons (Fsp3) is 0.333. The second kappa shape index (κ2) is 5.93. The lowest BCUT2D eigenvalue weighted by molar-refractivity contribution is -0.0498. The minimum absolute atomic E-state index is 0.0616. The summed E-state index contributed by atoms with van der Waals surface area (Å²) in [6.45, 7) is -1.21. The quantitative estimate of drug-likeness (QED) is 0.572. The molecule has 1 saturated carbocycles. The van der Waals surface area contributed by atoms with Gasteiger partial charge >= 0.3 is 6.61 Å². The van der Waals surface area contributed by atoms with Crippen LogP contribution in [0.4, 0.5) is 8.78 Å². The summed E-state index contributed by atoms with van der Waals surface area (Å²) >= 11 is 11.6. The van der Waals surface area contributed by atoms with Gasteiger partial charge in [0.2, 0.25) is 0 Å². The van der Waals surface area contributed by atoms with E-state index < -0.39 is 6.61 Å². The molecule has 1 aliphatic rings. The summed E-state index contributed by atoms with van der Waals surface area (Å²) < 4.78 is 34.1. The van der Waals surface area contributed by atoms with Crippen molar-refractivity contribution >= 4 is 28.7 Å². The molecule has 1 aliphatic carbocycles. The molecule has 116 valence electrons. The molecule has 0 unspecified atom stereocenters. The van der Waals surface area contributed by atoms with E-state index in [-0.39, 0.29) is 10.8 Å². The maximum atomic E-state index is 12.3. The zero-order chi connectivity index (χ0) is 15.9. The van der Waals surface area contributed by atoms with Crippen LogP contribution in [0.25, 0.3) is 0 Å². The molecule has 1 fully saturated rings. The Hall–Kier alpha value is -1.53. The molecule has 0 saturated heterocycles. The third-order valence-corrected chi connectivity index (χ3v) is 4.53. The Labute approximate surface area is 136 Å². The van der Waals surface area contributed by atoms with E-state index in [1.54, 1.807) is 13.0 Å². The van der Waals surface area contributed by atoms with Gasteiger partial charge in [-0.15, -0.1) is 0 Å². The Morgan fingerprint density at radius 3 is 2.77 bits per heavy atom. The SMILES string of the molecule is Cc1c(C(=S)c2conc2C2CC2)ccc(OC(F)F)c1Cl. The van der Waals surface area contributed by atoms with Crippen molar-refractivity contribution in [2.75, 3.05) is 0 Å². The van der Waals surface area contributed by atoms with Crippen LogP contribution in [0.1, 0.15) is 41.1 Å². The number of nitrogens with zero attached hydrogens (tertiary/aromatic N) is 1. The number of benzene rings is 1. The van der Waals surface area contributed by atoms with E-state index in [4.69, 9.17) is 28.3 Å². The van der Waals surface area contributed by atoms with Gasteiger partial charge in [0.05, 0.1) is 21.1 Å². The number of hydrogen-bond acceptors (Lipinski definition) is 4. The molecule has 1 aromatic heterocycles. The zero-order valence-corrected chi connectivity index (χ0v) is 13.2. The summed E-state index contributed by atoms with van der Waals surface area (Å²) in [4.78, 5) is 0.547. The van der Waals surface area contributed by atoms with Crippen LogP contribution in [-0.2, 0) is 0 Å². The molecule has 22 heavy (non-hydrogen) atoms. The highest BCUT2D eigenvalue weighted by Crippen LogP contribution is 2.42. The van der Waals surface area contributed by atoms with Crippen molar-refractivity contribution in [3.8, 4) is 5.75 Å². The Bertz CT molecular complexity index is 728. The van der Waals surface area contributed by atoms with Crippen LogP contribution < -0.4 is 4.74 Å². The third-order valence-electron chi connectivity index (χ3n) is 3.62. The summed E-state index contributed by atoms with van der Waals surface area (Å²) in [5, 5.41) is 4.14. The standard InChI is InChI=1S/C15H12ClF2NO2S/c1-7-9(4-5-11(12(7)16)21-15(17)18)14(22)10-6-20-19-13(10)8-2-3-8/h4-6,8,15H,2-3H2,1H3. The summed E-state index contributed by atoms with van der Waals surface area (Å²) in [5.41, 5.74) is 2.90. The minimum Gasteiger partial charge on any atom is -0.433 e. The minimum atomic E-state index is -2.92. The summed E-state index contributed by atoms with van der Waals surface area (Å²) in [7, 11) is 0. The number of hydrogen-bond donors (Lipinski definition) is 0. The van der Waals surface area contributed by atoms with E-state index in [0.29, 0.717) is 21.9 Å². The molecular formula is C15H12ClF2NO2S. The van der Waals surface area contributed by atoms with Crippen molar-refractivity contribution in [1.29, 1.82) is 0 Å². The Kier molecular flexibility index (Phi) is 4.14. The van der Waals surface area contributed by atoms with Crippen LogP contribution in [0.3, 0.4) is 0 Å². The number of halogens is 3. The lowest BCUT2D eigenvalue weighted by atomic mass is 9.99. The molecule has 7 heteroatoms. The van der Waals surface area contributed by atoms with Gasteiger partial charge in [0.25, 0.3) is 0 Å². The number of ether oxygens (including phenoxy) is 1. The molecule has 3 nitrogen and oxygen atoms in total. The third kappa shape index (κ3) is 2.85. The highest BCUT2D eigenvalue weighted by Gasteiger charge is 2.31. The van der Waals surface area contributed by atoms with E-state index >= 15 is 0 Å². The highest BCUT2D eigenvalue weighted by atomic mass is 35.5. The molecule has 1 aromatic carbocycles. The molecule has 0 spiro atoms. The van der Waals surface area contributed by atoms with Gasteiger partial charge in [0, 0.05) is 5.92 Å². The van der Waals surface area contributed by atoms with Crippen LogP contribution in [0.2, 0.25) is 5.02 Å². The van der Waals surface area contributed by atoms with Crippen molar-refractivity contribution in [1.82, 2.24) is 5.16 Å². The van der Waals surface area contributed by atoms with Gasteiger partial charge in [-0.05, 0) is 43.0 Å². The molecule has 3 rings (SSSR count). The Morgan fingerprint density at radius 1 is 1.41 bits per heavy atom. The molecule has 0 aliphatic heterocycles. The second-order valence-electron chi connectivity index (χ2n) is 5.15. The predicted octanol–water partition coefficient (Wildman–Crippen LogP) is 4.88. The Morgan fingerprint density at radius 2 is 2.14 bits per heavy atom. The molecule has 0 bridgehead atoms. The van der Waals surface area contributed by atoms with E-state index in [1.165, 1.54) is 12.3 Å². The normalized spacial score (nSPS) is 14.4. The van der Waals surface area contributed by atoms with E-state index in [2.05, 4.69) is 9.89 Å². The number of thiocarbonyl (C=S) groups is 1. The van der Waals surface area contributed by atoms with Gasteiger partial charge < -0.3 is 9.26 Å². The van der Waals surface area contributed by atoms with Gasteiger partial charge in [-0.25, -0.2) is 0 Å². The summed E-state index contributed by atoms with van der Waals surface area (Å²) in [5.74, 6) is 0.331. The zero-order valence-electron chi connectivity index (χ0n) is 11.6. The highest BCUT2D eigenvalue weighted by molar-refractivity contribution is 7.81. The van der Waals surface area contributed by atoms with Crippen molar-refractivity contribution in [3.05, 3.63) is 45.8 Å². The first kappa shape index (κ1) is 15.4. The largest absolute Gasteiger partial charge is 0.433 e. The number of rotatable bonds is 5. The average Bonchev–Trinajstić information content (AvgIpc) is 3.20.